The highest BCUT2D eigenvalue weighted by atomic mass is 19.4. The van der Waals surface area contributed by atoms with Crippen LogP contribution in [-0.4, -0.2) is 40.1 Å². The van der Waals surface area contributed by atoms with Crippen molar-refractivity contribution in [2.75, 3.05) is 17.7 Å². The van der Waals surface area contributed by atoms with Gasteiger partial charge in [-0.3, -0.25) is 4.99 Å². The average molecular weight is 447 g/mol. The van der Waals surface area contributed by atoms with Crippen molar-refractivity contribution in [1.82, 2.24) is 15.0 Å². The topological polar surface area (TPSA) is 101 Å². The third-order valence-electron chi connectivity index (χ3n) is 3.55. The summed E-state index contributed by atoms with van der Waals surface area (Å²) in [6, 6.07) is 4.48. The van der Waals surface area contributed by atoms with Gasteiger partial charge in [0.2, 0.25) is 0 Å². The lowest BCUT2D eigenvalue weighted by atomic mass is 10.2. The number of allylic oxidation sites excluding steroid dienone is 1. The standard InChI is InChI=1S/C18H19F6N7/c1-9(2)27-14-8-15(29-13(26-3)7-11(25)17(19,20)21)31-16(30-14)10-5-4-6-12(28-10)18(22,23)24/h4-9H,25H2,1-3H3,(H2,26,27,29,30,31). The van der Waals surface area contributed by atoms with E-state index in [1.165, 1.54) is 19.2 Å². The van der Waals surface area contributed by atoms with Crippen molar-refractivity contribution in [2.45, 2.75) is 32.2 Å². The number of aromatic nitrogens is 3. The lowest BCUT2D eigenvalue weighted by Crippen LogP contribution is -2.23. The van der Waals surface area contributed by atoms with Crippen LogP contribution in [0.1, 0.15) is 19.5 Å². The van der Waals surface area contributed by atoms with Gasteiger partial charge in [-0.1, -0.05) is 6.07 Å². The molecule has 4 N–H and O–H groups in total. The minimum atomic E-state index is -4.76. The van der Waals surface area contributed by atoms with Crippen LogP contribution in [0.15, 0.2) is 41.0 Å². The van der Waals surface area contributed by atoms with Crippen LogP contribution >= 0.6 is 0 Å². The maximum Gasteiger partial charge on any atom is 0.433 e. The highest BCUT2D eigenvalue weighted by molar-refractivity contribution is 6.03. The Labute approximate surface area is 173 Å². The zero-order chi connectivity index (χ0) is 23.4. The molecular weight excluding hydrogens is 428 g/mol. The van der Waals surface area contributed by atoms with E-state index < -0.39 is 23.7 Å². The molecule has 0 atom stereocenters. The Balaban J connectivity index is 2.50. The number of nitrogens with zero attached hydrogens (tertiary/aromatic N) is 4. The predicted octanol–water partition coefficient (Wildman–Crippen LogP) is 4.22. The molecule has 0 spiro atoms. The summed E-state index contributed by atoms with van der Waals surface area (Å²) in [6.07, 6.45) is -8.87. The maximum absolute atomic E-state index is 13.0. The van der Waals surface area contributed by atoms with Gasteiger partial charge >= 0.3 is 12.4 Å². The molecule has 0 radical (unpaired) electrons. The normalized spacial score (nSPS) is 13.5. The quantitative estimate of drug-likeness (QED) is 0.361. The van der Waals surface area contributed by atoms with Crippen molar-refractivity contribution in [3.63, 3.8) is 0 Å². The molecule has 0 unspecified atom stereocenters. The summed E-state index contributed by atoms with van der Waals surface area (Å²) in [5.41, 5.74) is 2.30. The Morgan fingerprint density at radius 1 is 1.06 bits per heavy atom. The number of nitrogens with two attached hydrogens (primary N) is 1. The van der Waals surface area contributed by atoms with E-state index in [0.29, 0.717) is 6.08 Å². The summed E-state index contributed by atoms with van der Waals surface area (Å²) in [6.45, 7) is 3.59. The molecule has 0 aliphatic rings. The van der Waals surface area contributed by atoms with Crippen LogP contribution in [0.4, 0.5) is 38.0 Å². The van der Waals surface area contributed by atoms with Gasteiger partial charge in [0.15, 0.2) is 5.82 Å². The number of alkyl halides is 6. The number of aliphatic imine (C=N–C) groups is 1. The Morgan fingerprint density at radius 3 is 2.26 bits per heavy atom. The van der Waals surface area contributed by atoms with Crippen LogP contribution in [0.25, 0.3) is 11.5 Å². The van der Waals surface area contributed by atoms with E-state index in [4.69, 9.17) is 5.73 Å². The van der Waals surface area contributed by atoms with Gasteiger partial charge < -0.3 is 16.4 Å². The lowest BCUT2D eigenvalue weighted by Gasteiger charge is -2.14. The van der Waals surface area contributed by atoms with Crippen molar-refractivity contribution in [3.05, 3.63) is 41.7 Å². The minimum Gasteiger partial charge on any atom is -0.395 e. The Hall–Kier alpha value is -3.38. The first kappa shape index (κ1) is 23.9. The van der Waals surface area contributed by atoms with Gasteiger partial charge in [0.1, 0.15) is 34.6 Å². The molecule has 0 saturated carbocycles. The third-order valence-corrected chi connectivity index (χ3v) is 3.55. The van der Waals surface area contributed by atoms with Crippen LogP contribution in [0, 0.1) is 0 Å². The van der Waals surface area contributed by atoms with E-state index in [2.05, 4.69) is 30.6 Å². The maximum atomic E-state index is 13.0. The second-order valence-corrected chi connectivity index (χ2v) is 6.50. The van der Waals surface area contributed by atoms with Gasteiger partial charge in [0.25, 0.3) is 0 Å². The van der Waals surface area contributed by atoms with E-state index in [-0.39, 0.29) is 35.0 Å². The molecular formula is C18H19F6N7. The number of amidine groups is 1. The third kappa shape index (κ3) is 6.83. The minimum absolute atomic E-state index is 0.0285. The molecule has 0 bridgehead atoms. The van der Waals surface area contributed by atoms with E-state index in [1.807, 2.05) is 0 Å². The molecule has 2 aromatic heterocycles. The number of rotatable bonds is 5. The Bertz CT molecular complexity index is 980. The first-order valence-corrected chi connectivity index (χ1v) is 8.78. The molecule has 0 fully saturated rings. The Morgan fingerprint density at radius 2 is 1.71 bits per heavy atom. The predicted molar refractivity (Wildman–Crippen MR) is 104 cm³/mol. The zero-order valence-corrected chi connectivity index (χ0v) is 16.6. The van der Waals surface area contributed by atoms with E-state index in [1.54, 1.807) is 13.8 Å². The first-order chi connectivity index (χ1) is 14.3. The average Bonchev–Trinajstić information content (AvgIpc) is 2.65. The zero-order valence-electron chi connectivity index (χ0n) is 16.6. The molecule has 0 aliphatic carbocycles. The van der Waals surface area contributed by atoms with Gasteiger partial charge in [0, 0.05) is 25.2 Å². The smallest absolute Gasteiger partial charge is 0.395 e. The molecule has 13 heteroatoms. The highest BCUT2D eigenvalue weighted by Gasteiger charge is 2.33. The van der Waals surface area contributed by atoms with Gasteiger partial charge in [-0.15, -0.1) is 0 Å². The molecule has 31 heavy (non-hydrogen) atoms. The molecule has 7 nitrogen and oxygen atoms in total. The van der Waals surface area contributed by atoms with Crippen molar-refractivity contribution in [1.29, 1.82) is 0 Å². The number of hydrogen-bond donors (Lipinski definition) is 3. The molecule has 2 rings (SSSR count). The lowest BCUT2D eigenvalue weighted by molar-refractivity contribution is -0.141. The van der Waals surface area contributed by atoms with Crippen molar-refractivity contribution in [2.24, 2.45) is 10.7 Å². The summed E-state index contributed by atoms with van der Waals surface area (Å²) in [4.78, 5) is 15.4. The van der Waals surface area contributed by atoms with Crippen molar-refractivity contribution >= 4 is 17.5 Å². The summed E-state index contributed by atoms with van der Waals surface area (Å²) in [7, 11) is 1.23. The molecule has 0 amide bonds. The number of hydrogen-bond acceptors (Lipinski definition) is 6. The summed E-state index contributed by atoms with van der Waals surface area (Å²) in [5.74, 6) is -0.265. The van der Waals surface area contributed by atoms with E-state index in [9.17, 15) is 26.3 Å². The van der Waals surface area contributed by atoms with Gasteiger partial charge in [-0.2, -0.15) is 26.3 Å². The second kappa shape index (κ2) is 9.18. The van der Waals surface area contributed by atoms with Crippen LogP contribution in [0.2, 0.25) is 0 Å². The van der Waals surface area contributed by atoms with E-state index in [0.717, 1.165) is 12.1 Å². The number of anilines is 2. The molecule has 0 saturated heterocycles. The molecule has 2 heterocycles. The number of pyridine rings is 1. The highest BCUT2D eigenvalue weighted by Crippen LogP contribution is 2.29. The fraction of sp³-hybridized carbons (Fsp3) is 0.333. The monoisotopic (exact) mass is 447 g/mol. The molecule has 2 aromatic rings. The van der Waals surface area contributed by atoms with Crippen LogP contribution in [-0.2, 0) is 6.18 Å². The summed E-state index contributed by atoms with van der Waals surface area (Å²) in [5, 5.41) is 5.51. The fourth-order valence-electron chi connectivity index (χ4n) is 2.23. The van der Waals surface area contributed by atoms with Crippen molar-refractivity contribution in [3.8, 4) is 11.5 Å². The van der Waals surface area contributed by atoms with E-state index >= 15 is 0 Å². The van der Waals surface area contributed by atoms with Crippen LogP contribution < -0.4 is 16.4 Å². The van der Waals surface area contributed by atoms with Gasteiger partial charge in [-0.25, -0.2) is 15.0 Å². The summed E-state index contributed by atoms with van der Waals surface area (Å²) >= 11 is 0. The second-order valence-electron chi connectivity index (χ2n) is 6.50. The molecule has 0 aliphatic heterocycles. The number of halogens is 6. The fourth-order valence-corrected chi connectivity index (χ4v) is 2.23. The summed E-state index contributed by atoms with van der Waals surface area (Å²) < 4.78 is 77.1. The molecule has 0 aromatic carbocycles. The van der Waals surface area contributed by atoms with Gasteiger partial charge in [-0.05, 0) is 26.0 Å². The first-order valence-electron chi connectivity index (χ1n) is 8.78. The Kier molecular flexibility index (Phi) is 7.08. The van der Waals surface area contributed by atoms with Crippen LogP contribution in [0.5, 0.6) is 0 Å². The molecule has 168 valence electrons. The number of nitrogens with one attached hydrogen (secondary N) is 2. The van der Waals surface area contributed by atoms with Gasteiger partial charge in [0.05, 0.1) is 0 Å². The SMILES string of the molecule is CN=C(C=C(N)C(F)(F)F)Nc1cc(NC(C)C)nc(-c2cccc(C(F)(F)F)n2)n1. The largest absolute Gasteiger partial charge is 0.433 e. The van der Waals surface area contributed by atoms with Crippen LogP contribution in [0.3, 0.4) is 0 Å². The van der Waals surface area contributed by atoms with Crippen molar-refractivity contribution < 1.29 is 26.3 Å².